The molecule has 0 N–H and O–H groups in total. The first-order chi connectivity index (χ1) is 14.5. The molecule has 1 amide bonds. The normalized spacial score (nSPS) is 15.7. The molecular formula is C22H19N3O3S2. The zero-order valence-electron chi connectivity index (χ0n) is 16.1. The third-order valence-electron chi connectivity index (χ3n) is 5.46. The van der Waals surface area contributed by atoms with Crippen LogP contribution in [0.25, 0.3) is 21.0 Å². The van der Waals surface area contributed by atoms with Crippen LogP contribution in [0.3, 0.4) is 0 Å². The van der Waals surface area contributed by atoms with E-state index in [4.69, 9.17) is 0 Å². The SMILES string of the molecule is O=C(c1ccc2ncsc2c1)N1CCN(S(=O)(=O)c2ccc3ccccc3c2)CC1. The van der Waals surface area contributed by atoms with E-state index in [1.165, 1.54) is 15.6 Å². The number of benzene rings is 3. The minimum absolute atomic E-state index is 0.0759. The van der Waals surface area contributed by atoms with Gasteiger partial charge in [-0.05, 0) is 41.1 Å². The predicted molar refractivity (Wildman–Crippen MR) is 118 cm³/mol. The number of sulfonamides is 1. The average molecular weight is 438 g/mol. The minimum Gasteiger partial charge on any atom is -0.336 e. The van der Waals surface area contributed by atoms with Crippen LogP contribution in [-0.4, -0.2) is 54.7 Å². The number of fused-ring (bicyclic) bond motifs is 2. The maximum absolute atomic E-state index is 13.1. The van der Waals surface area contributed by atoms with Gasteiger partial charge in [0.05, 0.1) is 20.6 Å². The monoisotopic (exact) mass is 437 g/mol. The molecule has 5 rings (SSSR count). The lowest BCUT2D eigenvalue weighted by molar-refractivity contribution is 0.0698. The molecule has 1 aromatic heterocycles. The summed E-state index contributed by atoms with van der Waals surface area (Å²) in [7, 11) is -3.60. The highest BCUT2D eigenvalue weighted by molar-refractivity contribution is 7.89. The Labute approximate surface area is 178 Å². The van der Waals surface area contributed by atoms with Crippen LogP contribution in [0.5, 0.6) is 0 Å². The molecule has 1 fully saturated rings. The number of thiazole rings is 1. The Kier molecular flexibility index (Phi) is 4.77. The molecule has 1 aliphatic heterocycles. The van der Waals surface area contributed by atoms with Crippen molar-refractivity contribution in [1.29, 1.82) is 0 Å². The lowest BCUT2D eigenvalue weighted by Gasteiger charge is -2.34. The van der Waals surface area contributed by atoms with Crippen LogP contribution < -0.4 is 0 Å². The number of piperazine rings is 1. The van der Waals surface area contributed by atoms with E-state index >= 15 is 0 Å². The van der Waals surface area contributed by atoms with Gasteiger partial charge >= 0.3 is 0 Å². The second kappa shape index (κ2) is 7.46. The zero-order valence-corrected chi connectivity index (χ0v) is 17.7. The Bertz CT molecular complexity index is 1360. The Morgan fingerprint density at radius 1 is 0.900 bits per heavy atom. The summed E-state index contributed by atoms with van der Waals surface area (Å²) in [5, 5.41) is 1.90. The Morgan fingerprint density at radius 3 is 2.47 bits per heavy atom. The highest BCUT2D eigenvalue weighted by Gasteiger charge is 2.30. The average Bonchev–Trinajstić information content (AvgIpc) is 3.26. The van der Waals surface area contributed by atoms with Gasteiger partial charge in [0.25, 0.3) is 5.91 Å². The fourth-order valence-corrected chi connectivity index (χ4v) is 5.95. The number of amides is 1. The summed E-state index contributed by atoms with van der Waals surface area (Å²) < 4.78 is 28.7. The fraction of sp³-hybridized carbons (Fsp3) is 0.182. The Morgan fingerprint density at radius 2 is 1.67 bits per heavy atom. The Balaban J connectivity index is 1.32. The molecular weight excluding hydrogens is 418 g/mol. The number of carbonyl (C=O) groups excluding carboxylic acids is 1. The van der Waals surface area contributed by atoms with Crippen molar-refractivity contribution in [3.05, 3.63) is 71.7 Å². The van der Waals surface area contributed by atoms with Crippen molar-refractivity contribution in [3.63, 3.8) is 0 Å². The predicted octanol–water partition coefficient (Wildman–Crippen LogP) is 3.60. The van der Waals surface area contributed by atoms with Crippen molar-refractivity contribution in [1.82, 2.24) is 14.2 Å². The van der Waals surface area contributed by atoms with Crippen molar-refractivity contribution < 1.29 is 13.2 Å². The van der Waals surface area contributed by atoms with Crippen LogP contribution in [-0.2, 0) is 10.0 Å². The van der Waals surface area contributed by atoms with Gasteiger partial charge in [-0.15, -0.1) is 11.3 Å². The van der Waals surface area contributed by atoms with Crippen LogP contribution in [0.15, 0.2) is 71.1 Å². The molecule has 0 aliphatic carbocycles. The summed E-state index contributed by atoms with van der Waals surface area (Å²) in [5.41, 5.74) is 3.25. The molecule has 2 heterocycles. The second-order valence-corrected chi connectivity index (χ2v) is 10.1. The summed E-state index contributed by atoms with van der Waals surface area (Å²) in [5.74, 6) is -0.0759. The number of aromatic nitrogens is 1. The van der Waals surface area contributed by atoms with Gasteiger partial charge in [0.2, 0.25) is 10.0 Å². The van der Waals surface area contributed by atoms with Crippen LogP contribution in [0.4, 0.5) is 0 Å². The van der Waals surface area contributed by atoms with Gasteiger partial charge < -0.3 is 4.90 Å². The van der Waals surface area contributed by atoms with Gasteiger partial charge in [-0.1, -0.05) is 30.3 Å². The Hall–Kier alpha value is -2.81. The smallest absolute Gasteiger partial charge is 0.253 e. The first-order valence-electron chi connectivity index (χ1n) is 9.64. The van der Waals surface area contributed by atoms with Gasteiger partial charge in [0.15, 0.2) is 0 Å². The van der Waals surface area contributed by atoms with E-state index in [-0.39, 0.29) is 23.9 Å². The van der Waals surface area contributed by atoms with Crippen molar-refractivity contribution >= 4 is 48.3 Å². The molecule has 1 saturated heterocycles. The van der Waals surface area contributed by atoms with E-state index in [0.29, 0.717) is 18.7 Å². The first kappa shape index (κ1) is 19.2. The maximum atomic E-state index is 13.1. The van der Waals surface area contributed by atoms with E-state index in [1.807, 2.05) is 42.5 Å². The number of carbonyl (C=O) groups is 1. The molecule has 1 aliphatic rings. The highest BCUT2D eigenvalue weighted by Crippen LogP contribution is 2.24. The van der Waals surface area contributed by atoms with E-state index in [2.05, 4.69) is 4.98 Å². The van der Waals surface area contributed by atoms with Crippen molar-refractivity contribution in [3.8, 4) is 0 Å². The highest BCUT2D eigenvalue weighted by atomic mass is 32.2. The summed E-state index contributed by atoms with van der Waals surface area (Å²) >= 11 is 1.50. The van der Waals surface area contributed by atoms with E-state index in [0.717, 1.165) is 21.0 Å². The summed E-state index contributed by atoms with van der Waals surface area (Å²) in [6.07, 6.45) is 0. The van der Waals surface area contributed by atoms with Crippen LogP contribution in [0.2, 0.25) is 0 Å². The van der Waals surface area contributed by atoms with Gasteiger partial charge in [0.1, 0.15) is 0 Å². The number of hydrogen-bond donors (Lipinski definition) is 0. The zero-order chi connectivity index (χ0) is 20.7. The van der Waals surface area contributed by atoms with E-state index in [9.17, 15) is 13.2 Å². The molecule has 3 aromatic carbocycles. The number of hydrogen-bond acceptors (Lipinski definition) is 5. The molecule has 152 valence electrons. The molecule has 0 atom stereocenters. The van der Waals surface area contributed by atoms with E-state index in [1.54, 1.807) is 28.6 Å². The molecule has 0 bridgehead atoms. The second-order valence-electron chi connectivity index (χ2n) is 7.24. The molecule has 6 nitrogen and oxygen atoms in total. The topological polar surface area (TPSA) is 70.6 Å². The van der Waals surface area contributed by atoms with Gasteiger partial charge in [0, 0.05) is 31.7 Å². The van der Waals surface area contributed by atoms with Gasteiger partial charge in [-0.2, -0.15) is 4.31 Å². The van der Waals surface area contributed by atoms with Crippen molar-refractivity contribution in [2.45, 2.75) is 4.90 Å². The third kappa shape index (κ3) is 3.36. The lowest BCUT2D eigenvalue weighted by atomic mass is 10.1. The summed E-state index contributed by atoms with van der Waals surface area (Å²) in [6, 6.07) is 18.4. The van der Waals surface area contributed by atoms with Crippen molar-refractivity contribution in [2.75, 3.05) is 26.2 Å². The number of rotatable bonds is 3. The molecule has 4 aromatic rings. The van der Waals surface area contributed by atoms with Gasteiger partial charge in [-0.3, -0.25) is 4.79 Å². The quantitative estimate of drug-likeness (QED) is 0.491. The van der Waals surface area contributed by atoms with Crippen LogP contribution in [0.1, 0.15) is 10.4 Å². The largest absolute Gasteiger partial charge is 0.336 e. The maximum Gasteiger partial charge on any atom is 0.253 e. The fourth-order valence-electron chi connectivity index (χ4n) is 3.78. The summed E-state index contributed by atoms with van der Waals surface area (Å²) in [4.78, 5) is 19.1. The van der Waals surface area contributed by atoms with Crippen LogP contribution in [0, 0.1) is 0 Å². The van der Waals surface area contributed by atoms with Crippen LogP contribution >= 0.6 is 11.3 Å². The molecule has 8 heteroatoms. The molecule has 0 saturated carbocycles. The molecule has 0 unspecified atom stereocenters. The van der Waals surface area contributed by atoms with Crippen molar-refractivity contribution in [2.24, 2.45) is 0 Å². The summed E-state index contributed by atoms with van der Waals surface area (Å²) in [6.45, 7) is 1.30. The standard InChI is InChI=1S/C22H19N3O3S2/c26-22(18-6-8-20-21(14-18)29-15-23-20)24-9-11-25(12-10-24)30(27,28)19-7-5-16-3-1-2-4-17(16)13-19/h1-8,13-15H,9-12H2. The van der Waals surface area contributed by atoms with Gasteiger partial charge in [-0.25, -0.2) is 13.4 Å². The number of nitrogens with zero attached hydrogens (tertiary/aromatic N) is 3. The molecule has 0 spiro atoms. The molecule has 30 heavy (non-hydrogen) atoms. The van der Waals surface area contributed by atoms with E-state index < -0.39 is 10.0 Å². The minimum atomic E-state index is -3.60. The first-order valence-corrected chi connectivity index (χ1v) is 12.0. The third-order valence-corrected chi connectivity index (χ3v) is 8.15. The molecule has 0 radical (unpaired) electrons. The lowest BCUT2D eigenvalue weighted by Crippen LogP contribution is -2.50.